The van der Waals surface area contributed by atoms with Crippen LogP contribution in [0.5, 0.6) is 11.5 Å². The highest BCUT2D eigenvalue weighted by Gasteiger charge is 2.33. The normalized spacial score (nSPS) is 11.9. The SMILES string of the molecule is CCNC(=O)[C@H](C)N(Cc1c(Cl)cccc1Cl)C(=O)CN(c1ccc(C)cc1)S(=O)(=O)c1ccc(OC)c(OC)c1. The summed E-state index contributed by atoms with van der Waals surface area (Å²) >= 11 is 12.8. The maximum Gasteiger partial charge on any atom is 0.264 e. The molecule has 0 unspecified atom stereocenters. The van der Waals surface area contributed by atoms with Crippen molar-refractivity contribution in [1.29, 1.82) is 0 Å². The summed E-state index contributed by atoms with van der Waals surface area (Å²) in [5, 5.41) is 3.33. The van der Waals surface area contributed by atoms with E-state index in [2.05, 4.69) is 5.32 Å². The van der Waals surface area contributed by atoms with Crippen LogP contribution in [-0.2, 0) is 26.2 Å². The standard InChI is InChI=1S/C29H33Cl2N3O6S/c1-6-32-29(36)20(3)33(17-23-24(30)8-7-9-25(23)31)28(35)18-34(21-12-10-19(2)11-13-21)41(37,38)22-14-15-26(39-4)27(16-22)40-5/h7-16,20H,6,17-18H2,1-5H3,(H,32,36)/t20-/m0/s1. The molecule has 0 bridgehead atoms. The van der Waals surface area contributed by atoms with Gasteiger partial charge in [-0.2, -0.15) is 0 Å². The highest BCUT2D eigenvalue weighted by atomic mass is 35.5. The zero-order valence-corrected chi connectivity index (χ0v) is 25.8. The third kappa shape index (κ3) is 7.44. The molecule has 0 aliphatic rings. The summed E-state index contributed by atoms with van der Waals surface area (Å²) in [6.07, 6.45) is 0. The molecule has 3 rings (SSSR count). The number of aryl methyl sites for hydroxylation is 1. The predicted molar refractivity (Wildman–Crippen MR) is 160 cm³/mol. The number of benzene rings is 3. The summed E-state index contributed by atoms with van der Waals surface area (Å²) < 4.78 is 39.7. The predicted octanol–water partition coefficient (Wildman–Crippen LogP) is 5.07. The lowest BCUT2D eigenvalue weighted by Crippen LogP contribution is -2.51. The quantitative estimate of drug-likeness (QED) is 0.303. The van der Waals surface area contributed by atoms with Crippen molar-refractivity contribution in [2.45, 2.75) is 38.3 Å². The van der Waals surface area contributed by atoms with Crippen LogP contribution in [0, 0.1) is 6.92 Å². The molecular weight excluding hydrogens is 589 g/mol. The van der Waals surface area contributed by atoms with E-state index in [1.165, 1.54) is 37.3 Å². The second-order valence-electron chi connectivity index (χ2n) is 9.16. The molecule has 9 nitrogen and oxygen atoms in total. The van der Waals surface area contributed by atoms with Gasteiger partial charge >= 0.3 is 0 Å². The largest absolute Gasteiger partial charge is 0.493 e. The molecule has 0 saturated heterocycles. The Labute approximate surface area is 251 Å². The van der Waals surface area contributed by atoms with Crippen LogP contribution in [0.1, 0.15) is 25.0 Å². The Morgan fingerprint density at radius 1 is 0.951 bits per heavy atom. The fraction of sp³-hybridized carbons (Fsp3) is 0.310. The fourth-order valence-corrected chi connectivity index (χ4v) is 6.05. The van der Waals surface area contributed by atoms with Crippen molar-refractivity contribution in [3.05, 3.63) is 81.8 Å². The molecule has 0 radical (unpaired) electrons. The molecule has 3 aromatic rings. The first-order chi connectivity index (χ1) is 19.4. The first-order valence-electron chi connectivity index (χ1n) is 12.8. The number of likely N-dealkylation sites (N-methyl/N-ethyl adjacent to an activating group) is 1. The number of methoxy groups -OCH3 is 2. The number of hydrogen-bond donors (Lipinski definition) is 1. The Balaban J connectivity index is 2.10. The lowest BCUT2D eigenvalue weighted by Gasteiger charge is -2.32. The van der Waals surface area contributed by atoms with Gasteiger partial charge in [0.15, 0.2) is 11.5 Å². The van der Waals surface area contributed by atoms with Crippen LogP contribution in [0.15, 0.2) is 65.6 Å². The van der Waals surface area contributed by atoms with Gasteiger partial charge in [-0.25, -0.2) is 8.42 Å². The van der Waals surface area contributed by atoms with Crippen LogP contribution < -0.4 is 19.1 Å². The van der Waals surface area contributed by atoms with Crippen LogP contribution in [0.3, 0.4) is 0 Å². The monoisotopic (exact) mass is 621 g/mol. The highest BCUT2D eigenvalue weighted by molar-refractivity contribution is 7.92. The summed E-state index contributed by atoms with van der Waals surface area (Å²) in [4.78, 5) is 28.0. The first-order valence-corrected chi connectivity index (χ1v) is 15.0. The number of nitrogens with zero attached hydrogens (tertiary/aromatic N) is 2. The fourth-order valence-electron chi connectivity index (χ4n) is 4.10. The summed E-state index contributed by atoms with van der Waals surface area (Å²) in [7, 11) is -1.46. The van der Waals surface area contributed by atoms with Gasteiger partial charge in [-0.1, -0.05) is 47.0 Å². The molecule has 3 aromatic carbocycles. The van der Waals surface area contributed by atoms with Crippen molar-refractivity contribution in [2.75, 3.05) is 31.6 Å². The lowest BCUT2D eigenvalue weighted by molar-refractivity contribution is -0.139. The third-order valence-electron chi connectivity index (χ3n) is 6.45. The second kappa shape index (κ2) is 13.9. The molecule has 1 atom stereocenters. The smallest absolute Gasteiger partial charge is 0.264 e. The van der Waals surface area contributed by atoms with Gasteiger partial charge in [-0.05, 0) is 57.2 Å². The number of carbonyl (C=O) groups excluding carboxylic acids is 2. The van der Waals surface area contributed by atoms with Gasteiger partial charge in [-0.15, -0.1) is 0 Å². The summed E-state index contributed by atoms with van der Waals surface area (Å²) in [5.41, 5.74) is 1.61. The van der Waals surface area contributed by atoms with Crippen molar-refractivity contribution < 1.29 is 27.5 Å². The number of ether oxygens (including phenoxy) is 2. The van der Waals surface area contributed by atoms with E-state index in [0.29, 0.717) is 27.9 Å². The summed E-state index contributed by atoms with van der Waals surface area (Å²) in [5.74, 6) is -0.482. The average molecular weight is 623 g/mol. The number of carbonyl (C=O) groups is 2. The number of halogens is 2. The van der Waals surface area contributed by atoms with Gasteiger partial charge < -0.3 is 19.7 Å². The van der Waals surface area contributed by atoms with Crippen LogP contribution in [0.25, 0.3) is 0 Å². The number of sulfonamides is 1. The molecule has 220 valence electrons. The molecule has 0 aromatic heterocycles. The molecule has 0 fully saturated rings. The molecule has 0 spiro atoms. The summed E-state index contributed by atoms with van der Waals surface area (Å²) in [6.45, 7) is 4.81. The van der Waals surface area contributed by atoms with Gasteiger partial charge in [0.1, 0.15) is 12.6 Å². The Kier molecular flexibility index (Phi) is 10.9. The average Bonchev–Trinajstić information content (AvgIpc) is 2.95. The van der Waals surface area contributed by atoms with E-state index in [1.54, 1.807) is 56.3 Å². The van der Waals surface area contributed by atoms with Gasteiger partial charge in [0.2, 0.25) is 11.8 Å². The number of rotatable bonds is 12. The van der Waals surface area contributed by atoms with E-state index >= 15 is 0 Å². The van der Waals surface area contributed by atoms with Crippen LogP contribution in [0.2, 0.25) is 10.0 Å². The topological polar surface area (TPSA) is 105 Å². The van der Waals surface area contributed by atoms with Gasteiger partial charge in [-0.3, -0.25) is 13.9 Å². The Hall–Kier alpha value is -3.47. The Morgan fingerprint density at radius 3 is 2.12 bits per heavy atom. The summed E-state index contributed by atoms with van der Waals surface area (Å²) in [6, 6.07) is 14.9. The van der Waals surface area contributed by atoms with Gasteiger partial charge in [0, 0.05) is 34.8 Å². The van der Waals surface area contributed by atoms with Crippen LogP contribution in [0.4, 0.5) is 5.69 Å². The van der Waals surface area contributed by atoms with Crippen molar-refractivity contribution in [1.82, 2.24) is 10.2 Å². The highest BCUT2D eigenvalue weighted by Crippen LogP contribution is 2.33. The van der Waals surface area contributed by atoms with Gasteiger partial charge in [0.05, 0.1) is 24.8 Å². The Bertz CT molecular complexity index is 1480. The van der Waals surface area contributed by atoms with Crippen molar-refractivity contribution in [3.63, 3.8) is 0 Å². The van der Waals surface area contributed by atoms with E-state index in [1.807, 2.05) is 6.92 Å². The molecule has 1 N–H and O–H groups in total. The number of hydrogen-bond acceptors (Lipinski definition) is 6. The second-order valence-corrected chi connectivity index (χ2v) is 11.8. The van der Waals surface area contributed by atoms with Gasteiger partial charge in [0.25, 0.3) is 10.0 Å². The Morgan fingerprint density at radius 2 is 1.56 bits per heavy atom. The van der Waals surface area contributed by atoms with E-state index in [9.17, 15) is 18.0 Å². The maximum atomic E-state index is 14.1. The van der Waals surface area contributed by atoms with Crippen molar-refractivity contribution >= 4 is 50.7 Å². The maximum absolute atomic E-state index is 14.1. The van der Waals surface area contributed by atoms with Crippen molar-refractivity contribution in [2.24, 2.45) is 0 Å². The molecule has 0 heterocycles. The molecule has 41 heavy (non-hydrogen) atoms. The van der Waals surface area contributed by atoms with E-state index in [-0.39, 0.29) is 22.9 Å². The molecule has 0 saturated carbocycles. The molecule has 12 heteroatoms. The zero-order valence-electron chi connectivity index (χ0n) is 23.5. The van der Waals surface area contributed by atoms with Crippen LogP contribution >= 0.6 is 23.2 Å². The number of anilines is 1. The van der Waals surface area contributed by atoms with E-state index in [4.69, 9.17) is 32.7 Å². The van der Waals surface area contributed by atoms with E-state index < -0.39 is 34.4 Å². The number of amides is 2. The lowest BCUT2D eigenvalue weighted by atomic mass is 10.1. The van der Waals surface area contributed by atoms with E-state index in [0.717, 1.165) is 9.87 Å². The third-order valence-corrected chi connectivity index (χ3v) is 8.93. The van der Waals surface area contributed by atoms with Crippen molar-refractivity contribution in [3.8, 4) is 11.5 Å². The minimum atomic E-state index is -4.30. The first kappa shape index (κ1) is 32.0. The molecular formula is C29H33Cl2N3O6S. The minimum Gasteiger partial charge on any atom is -0.493 e. The molecule has 0 aliphatic carbocycles. The zero-order chi connectivity index (χ0) is 30.3. The molecule has 2 amide bonds. The number of nitrogens with one attached hydrogen (secondary N) is 1. The molecule has 0 aliphatic heterocycles. The van der Waals surface area contributed by atoms with Crippen LogP contribution in [-0.4, -0.2) is 58.5 Å². The minimum absolute atomic E-state index is 0.110.